The Bertz CT molecular complexity index is 372. The predicted molar refractivity (Wildman–Crippen MR) is 78.7 cm³/mol. The first kappa shape index (κ1) is 15.1. The Hall–Kier alpha value is -0.980. The van der Waals surface area contributed by atoms with Crippen molar-refractivity contribution in [1.82, 2.24) is 5.32 Å². The van der Waals surface area contributed by atoms with Crippen LogP contribution in [0.25, 0.3) is 0 Å². The van der Waals surface area contributed by atoms with Crippen LogP contribution in [0.15, 0.2) is 35.2 Å². The molecule has 0 heterocycles. The van der Waals surface area contributed by atoms with Gasteiger partial charge in [-0.15, -0.1) is 11.8 Å². The van der Waals surface area contributed by atoms with Gasteiger partial charge in [0, 0.05) is 4.90 Å². The van der Waals surface area contributed by atoms with Crippen molar-refractivity contribution in [3.05, 3.63) is 30.3 Å². The second-order valence-corrected chi connectivity index (χ2v) is 5.51. The highest BCUT2D eigenvalue weighted by Gasteiger charge is 2.25. The van der Waals surface area contributed by atoms with Crippen LogP contribution in [0.3, 0.4) is 0 Å². The zero-order chi connectivity index (χ0) is 13.3. The minimum Gasteiger partial charge on any atom is -0.300 e. The van der Waals surface area contributed by atoms with E-state index in [0.29, 0.717) is 0 Å². The molecular weight excluding hydrogens is 240 g/mol. The largest absolute Gasteiger partial charge is 0.300 e. The average molecular weight is 262 g/mol. The van der Waals surface area contributed by atoms with Gasteiger partial charge in [-0.3, -0.25) is 5.32 Å². The SMILES string of the molecule is CCNC(C#N)(CC)CCCSc1ccccc1. The van der Waals surface area contributed by atoms with Crippen molar-refractivity contribution in [2.45, 2.75) is 43.5 Å². The summed E-state index contributed by atoms with van der Waals surface area (Å²) in [6.07, 6.45) is 2.86. The lowest BCUT2D eigenvalue weighted by Gasteiger charge is -2.25. The van der Waals surface area contributed by atoms with Crippen molar-refractivity contribution < 1.29 is 0 Å². The van der Waals surface area contributed by atoms with Crippen LogP contribution in [0, 0.1) is 11.3 Å². The number of nitrogens with zero attached hydrogens (tertiary/aromatic N) is 1. The van der Waals surface area contributed by atoms with Gasteiger partial charge in [0.25, 0.3) is 0 Å². The standard InChI is InChI=1S/C15H22N2S/c1-3-15(13-16,17-4-2)11-8-12-18-14-9-6-5-7-10-14/h5-7,9-10,17H,3-4,8,11-12H2,1-2H3. The molecule has 1 N–H and O–H groups in total. The van der Waals surface area contributed by atoms with Crippen LogP contribution in [0.4, 0.5) is 0 Å². The minimum absolute atomic E-state index is 0.327. The van der Waals surface area contributed by atoms with Crippen LogP contribution in [-0.4, -0.2) is 17.8 Å². The maximum Gasteiger partial charge on any atom is 0.106 e. The Kier molecular flexibility index (Phi) is 6.85. The van der Waals surface area contributed by atoms with Gasteiger partial charge < -0.3 is 0 Å². The van der Waals surface area contributed by atoms with Gasteiger partial charge in [-0.05, 0) is 43.7 Å². The molecule has 0 saturated carbocycles. The van der Waals surface area contributed by atoms with E-state index in [2.05, 4.69) is 49.5 Å². The van der Waals surface area contributed by atoms with E-state index in [1.165, 1.54) is 4.90 Å². The molecule has 0 fully saturated rings. The summed E-state index contributed by atoms with van der Waals surface area (Å²) < 4.78 is 0. The van der Waals surface area contributed by atoms with Crippen LogP contribution in [0.5, 0.6) is 0 Å². The number of benzene rings is 1. The fourth-order valence-electron chi connectivity index (χ4n) is 1.98. The van der Waals surface area contributed by atoms with E-state index in [9.17, 15) is 5.26 Å². The fraction of sp³-hybridized carbons (Fsp3) is 0.533. The van der Waals surface area contributed by atoms with Gasteiger partial charge in [-0.1, -0.05) is 32.0 Å². The normalized spacial score (nSPS) is 13.8. The van der Waals surface area contributed by atoms with Gasteiger partial charge in [0.2, 0.25) is 0 Å². The van der Waals surface area contributed by atoms with Gasteiger partial charge >= 0.3 is 0 Å². The van der Waals surface area contributed by atoms with Crippen molar-refractivity contribution >= 4 is 11.8 Å². The van der Waals surface area contributed by atoms with E-state index in [0.717, 1.165) is 31.6 Å². The second kappa shape index (κ2) is 8.18. The molecule has 1 aromatic carbocycles. The number of hydrogen-bond donors (Lipinski definition) is 1. The molecule has 1 atom stereocenters. The van der Waals surface area contributed by atoms with Crippen molar-refractivity contribution in [3.8, 4) is 6.07 Å². The molecule has 2 nitrogen and oxygen atoms in total. The number of nitrogens with one attached hydrogen (secondary N) is 1. The molecule has 0 radical (unpaired) electrons. The maximum absolute atomic E-state index is 9.30. The first-order valence-electron chi connectivity index (χ1n) is 6.60. The van der Waals surface area contributed by atoms with Gasteiger partial charge in [0.15, 0.2) is 0 Å². The van der Waals surface area contributed by atoms with Gasteiger partial charge in [-0.2, -0.15) is 5.26 Å². The lowest BCUT2D eigenvalue weighted by molar-refractivity contribution is 0.379. The van der Waals surface area contributed by atoms with E-state index in [-0.39, 0.29) is 5.54 Å². The molecule has 0 saturated heterocycles. The van der Waals surface area contributed by atoms with Crippen LogP contribution < -0.4 is 5.32 Å². The average Bonchev–Trinajstić information content (AvgIpc) is 2.43. The van der Waals surface area contributed by atoms with Gasteiger partial charge in [-0.25, -0.2) is 0 Å². The molecule has 1 unspecified atom stereocenters. The van der Waals surface area contributed by atoms with Crippen molar-refractivity contribution in [3.63, 3.8) is 0 Å². The smallest absolute Gasteiger partial charge is 0.106 e. The maximum atomic E-state index is 9.30. The van der Waals surface area contributed by atoms with Crippen molar-refractivity contribution in [1.29, 1.82) is 5.26 Å². The Morgan fingerprint density at radius 3 is 2.56 bits per heavy atom. The third kappa shape index (κ3) is 4.72. The van der Waals surface area contributed by atoms with Crippen LogP contribution in [0.2, 0.25) is 0 Å². The molecule has 98 valence electrons. The Labute approximate surface area is 115 Å². The quantitative estimate of drug-likeness (QED) is 0.571. The summed E-state index contributed by atoms with van der Waals surface area (Å²) in [6, 6.07) is 12.9. The molecule has 0 spiro atoms. The predicted octanol–water partition coefficient (Wildman–Crippen LogP) is 3.84. The summed E-state index contributed by atoms with van der Waals surface area (Å²) in [5.41, 5.74) is -0.327. The van der Waals surface area contributed by atoms with Crippen LogP contribution in [0.1, 0.15) is 33.1 Å². The van der Waals surface area contributed by atoms with Crippen LogP contribution in [-0.2, 0) is 0 Å². The molecule has 0 aromatic heterocycles. The molecular formula is C15H22N2S. The summed E-state index contributed by atoms with van der Waals surface area (Å²) in [6.45, 7) is 4.99. The summed E-state index contributed by atoms with van der Waals surface area (Å²) >= 11 is 1.86. The van der Waals surface area contributed by atoms with Gasteiger partial charge in [0.05, 0.1) is 6.07 Å². The minimum atomic E-state index is -0.327. The van der Waals surface area contributed by atoms with E-state index in [1.807, 2.05) is 17.8 Å². The number of hydrogen-bond acceptors (Lipinski definition) is 3. The number of thioether (sulfide) groups is 1. The Morgan fingerprint density at radius 1 is 1.28 bits per heavy atom. The molecule has 1 rings (SSSR count). The summed E-state index contributed by atoms with van der Waals surface area (Å²) in [5.74, 6) is 1.07. The summed E-state index contributed by atoms with van der Waals surface area (Å²) in [7, 11) is 0. The van der Waals surface area contributed by atoms with E-state index < -0.39 is 0 Å². The van der Waals surface area contributed by atoms with Crippen molar-refractivity contribution in [2.75, 3.05) is 12.3 Å². The second-order valence-electron chi connectivity index (χ2n) is 4.34. The molecule has 1 aromatic rings. The molecule has 0 aliphatic rings. The monoisotopic (exact) mass is 262 g/mol. The lowest BCUT2D eigenvalue weighted by atomic mass is 9.92. The highest BCUT2D eigenvalue weighted by atomic mass is 32.2. The molecule has 3 heteroatoms. The molecule has 0 aliphatic heterocycles. The number of rotatable bonds is 8. The Morgan fingerprint density at radius 2 is 2.00 bits per heavy atom. The lowest BCUT2D eigenvalue weighted by Crippen LogP contribution is -2.43. The van der Waals surface area contributed by atoms with Gasteiger partial charge in [0.1, 0.15) is 5.54 Å². The Balaban J connectivity index is 2.34. The first-order chi connectivity index (χ1) is 8.76. The van der Waals surface area contributed by atoms with E-state index in [1.54, 1.807) is 0 Å². The summed E-state index contributed by atoms with van der Waals surface area (Å²) in [5, 5.41) is 12.6. The topological polar surface area (TPSA) is 35.8 Å². The third-order valence-electron chi connectivity index (χ3n) is 3.09. The highest BCUT2D eigenvalue weighted by molar-refractivity contribution is 7.99. The summed E-state index contributed by atoms with van der Waals surface area (Å²) in [4.78, 5) is 1.31. The molecule has 0 aliphatic carbocycles. The van der Waals surface area contributed by atoms with Crippen LogP contribution >= 0.6 is 11.8 Å². The fourth-order valence-corrected chi connectivity index (χ4v) is 2.86. The zero-order valence-corrected chi connectivity index (χ0v) is 12.1. The number of nitriles is 1. The molecule has 18 heavy (non-hydrogen) atoms. The van der Waals surface area contributed by atoms with E-state index >= 15 is 0 Å². The first-order valence-corrected chi connectivity index (χ1v) is 7.59. The third-order valence-corrected chi connectivity index (χ3v) is 4.19. The molecule has 0 amide bonds. The van der Waals surface area contributed by atoms with Crippen molar-refractivity contribution in [2.24, 2.45) is 0 Å². The van der Waals surface area contributed by atoms with E-state index in [4.69, 9.17) is 0 Å². The highest BCUT2D eigenvalue weighted by Crippen LogP contribution is 2.22. The zero-order valence-electron chi connectivity index (χ0n) is 11.3. The molecule has 0 bridgehead atoms.